The van der Waals surface area contributed by atoms with E-state index in [9.17, 15) is 9.59 Å². The Morgan fingerprint density at radius 2 is 1.54 bits per heavy atom. The zero-order valence-corrected chi connectivity index (χ0v) is 23.5. The molecule has 1 aliphatic rings. The van der Waals surface area contributed by atoms with E-state index in [0.29, 0.717) is 31.7 Å². The molecule has 0 unspecified atom stereocenters. The van der Waals surface area contributed by atoms with Crippen LogP contribution in [0.2, 0.25) is 0 Å². The molecular formula is C35H40N4O2. The molecule has 2 amide bonds. The van der Waals surface area contributed by atoms with Gasteiger partial charge in [-0.1, -0.05) is 97.4 Å². The zero-order chi connectivity index (χ0) is 28.4. The van der Waals surface area contributed by atoms with Gasteiger partial charge in [0.2, 0.25) is 5.91 Å². The van der Waals surface area contributed by atoms with Gasteiger partial charge in [-0.05, 0) is 59.8 Å². The highest BCUT2D eigenvalue weighted by Gasteiger charge is 2.32. The number of carbonyl (C=O) groups excluding carboxylic acids is 2. The number of amides is 2. The minimum atomic E-state index is -0.307. The molecule has 1 heterocycles. The molecule has 6 nitrogen and oxygen atoms in total. The third kappa shape index (κ3) is 7.40. The fraction of sp³-hybridized carbons (Fsp3) is 0.314. The summed E-state index contributed by atoms with van der Waals surface area (Å²) >= 11 is 0. The summed E-state index contributed by atoms with van der Waals surface area (Å²) in [7, 11) is 0. The number of rotatable bonds is 11. The first-order valence-corrected chi connectivity index (χ1v) is 14.7. The fourth-order valence-electron chi connectivity index (χ4n) is 5.77. The predicted molar refractivity (Wildman–Crippen MR) is 166 cm³/mol. The van der Waals surface area contributed by atoms with Gasteiger partial charge in [0.15, 0.2) is 0 Å². The van der Waals surface area contributed by atoms with Crippen LogP contribution in [0.4, 0.5) is 0 Å². The Hall–Kier alpha value is -4.00. The number of hydrogen-bond acceptors (Lipinski definition) is 4. The minimum Gasteiger partial charge on any atom is -0.350 e. The average molecular weight is 549 g/mol. The van der Waals surface area contributed by atoms with Crippen LogP contribution in [0.25, 0.3) is 10.8 Å². The van der Waals surface area contributed by atoms with E-state index in [1.165, 1.54) is 11.1 Å². The quantitative estimate of drug-likeness (QED) is 0.228. The molecule has 1 fully saturated rings. The summed E-state index contributed by atoms with van der Waals surface area (Å²) < 4.78 is 0. The number of fused-ring (bicyclic) bond motifs is 1. The summed E-state index contributed by atoms with van der Waals surface area (Å²) in [6, 6.07) is 34.3. The Morgan fingerprint density at radius 1 is 0.878 bits per heavy atom. The first-order chi connectivity index (χ1) is 20.1. The van der Waals surface area contributed by atoms with Crippen LogP contribution < -0.4 is 16.4 Å². The van der Waals surface area contributed by atoms with Crippen LogP contribution in [-0.4, -0.2) is 55.0 Å². The van der Waals surface area contributed by atoms with E-state index in [1.54, 1.807) is 0 Å². The van der Waals surface area contributed by atoms with Gasteiger partial charge < -0.3 is 21.3 Å². The van der Waals surface area contributed by atoms with Gasteiger partial charge in [0.1, 0.15) is 0 Å². The highest BCUT2D eigenvalue weighted by atomic mass is 16.2. The molecule has 5 rings (SSSR count). The van der Waals surface area contributed by atoms with Gasteiger partial charge in [-0.3, -0.25) is 9.59 Å². The van der Waals surface area contributed by atoms with Gasteiger partial charge in [0.25, 0.3) is 5.91 Å². The minimum absolute atomic E-state index is 0.0110. The van der Waals surface area contributed by atoms with Crippen LogP contribution in [0.1, 0.15) is 53.1 Å². The maximum atomic E-state index is 13.9. The summed E-state index contributed by atoms with van der Waals surface area (Å²) in [6.07, 6.45) is 3.24. The van der Waals surface area contributed by atoms with Gasteiger partial charge in [0, 0.05) is 37.2 Å². The van der Waals surface area contributed by atoms with Crippen molar-refractivity contribution in [3.63, 3.8) is 0 Å². The molecule has 0 bridgehead atoms. The van der Waals surface area contributed by atoms with Crippen LogP contribution >= 0.6 is 0 Å². The second kappa shape index (κ2) is 14.1. The smallest absolute Gasteiger partial charge is 0.251 e. The van der Waals surface area contributed by atoms with Gasteiger partial charge in [-0.2, -0.15) is 0 Å². The highest BCUT2D eigenvalue weighted by Crippen LogP contribution is 2.27. The standard InChI is InChI=1S/C35H40N4O2/c36-21-10-9-17-33-35(41)39(25-32(27-12-3-1-4-13-27)28-14-5-2-6-15-28)22-20-31(38-33)24-37-34(40)30-19-18-26-11-7-8-16-29(26)23-30/h1-8,11-16,18-19,23,31-33,38H,9-10,17,20-22,24-25,36H2,(H,37,40)/t31-,33-/m0/s1. The van der Waals surface area contributed by atoms with Crippen LogP contribution in [0.15, 0.2) is 103 Å². The summed E-state index contributed by atoms with van der Waals surface area (Å²) in [4.78, 5) is 29.0. The summed E-state index contributed by atoms with van der Waals surface area (Å²) in [5.41, 5.74) is 8.80. The van der Waals surface area contributed by atoms with Crippen molar-refractivity contribution < 1.29 is 9.59 Å². The van der Waals surface area contributed by atoms with Gasteiger partial charge in [-0.15, -0.1) is 0 Å². The SMILES string of the molecule is NCCCC[C@@H]1N[C@H](CNC(=O)c2ccc3ccccc3c2)CCN(CC(c2ccccc2)c2ccccc2)C1=O. The molecule has 4 aromatic carbocycles. The Kier molecular flexibility index (Phi) is 9.78. The normalized spacial score (nSPS) is 17.5. The molecule has 1 aliphatic heterocycles. The van der Waals surface area contributed by atoms with E-state index >= 15 is 0 Å². The summed E-state index contributed by atoms with van der Waals surface area (Å²) in [5.74, 6) is 0.107. The van der Waals surface area contributed by atoms with Crippen molar-refractivity contribution in [1.82, 2.24) is 15.5 Å². The molecule has 6 heteroatoms. The molecule has 212 valence electrons. The lowest BCUT2D eigenvalue weighted by Gasteiger charge is -2.29. The summed E-state index contributed by atoms with van der Waals surface area (Å²) in [6.45, 7) is 2.31. The second-order valence-corrected chi connectivity index (χ2v) is 10.9. The van der Waals surface area contributed by atoms with Crippen molar-refractivity contribution in [2.75, 3.05) is 26.2 Å². The van der Waals surface area contributed by atoms with Crippen molar-refractivity contribution in [2.24, 2.45) is 5.73 Å². The lowest BCUT2D eigenvalue weighted by Crippen LogP contribution is -2.49. The van der Waals surface area contributed by atoms with Crippen molar-refractivity contribution in [3.05, 3.63) is 120 Å². The topological polar surface area (TPSA) is 87.5 Å². The van der Waals surface area contributed by atoms with Gasteiger partial charge in [-0.25, -0.2) is 0 Å². The van der Waals surface area contributed by atoms with Gasteiger partial charge in [0.05, 0.1) is 6.04 Å². The number of hydrogen-bond donors (Lipinski definition) is 3. The number of benzene rings is 4. The van der Waals surface area contributed by atoms with Crippen LogP contribution in [-0.2, 0) is 4.79 Å². The molecule has 0 spiro atoms. The number of carbonyl (C=O) groups is 2. The number of nitrogens with zero attached hydrogens (tertiary/aromatic N) is 1. The van der Waals surface area contributed by atoms with Crippen LogP contribution in [0, 0.1) is 0 Å². The van der Waals surface area contributed by atoms with E-state index < -0.39 is 0 Å². The third-order valence-corrected chi connectivity index (χ3v) is 8.07. The first-order valence-electron chi connectivity index (χ1n) is 14.7. The molecule has 41 heavy (non-hydrogen) atoms. The number of nitrogens with two attached hydrogens (primary N) is 1. The Balaban J connectivity index is 1.30. The lowest BCUT2D eigenvalue weighted by molar-refractivity contribution is -0.133. The van der Waals surface area contributed by atoms with Gasteiger partial charge >= 0.3 is 0 Å². The molecule has 0 aliphatic carbocycles. The van der Waals surface area contributed by atoms with Crippen LogP contribution in [0.5, 0.6) is 0 Å². The van der Waals surface area contributed by atoms with Crippen molar-refractivity contribution in [2.45, 2.75) is 43.7 Å². The zero-order valence-electron chi connectivity index (χ0n) is 23.5. The molecular weight excluding hydrogens is 508 g/mol. The number of nitrogens with one attached hydrogen (secondary N) is 2. The van der Waals surface area contributed by atoms with Crippen molar-refractivity contribution in [1.29, 1.82) is 0 Å². The Labute approximate surface area is 242 Å². The average Bonchev–Trinajstić information content (AvgIpc) is 3.17. The Morgan fingerprint density at radius 3 is 2.22 bits per heavy atom. The first kappa shape index (κ1) is 28.5. The monoisotopic (exact) mass is 548 g/mol. The molecule has 0 radical (unpaired) electrons. The maximum Gasteiger partial charge on any atom is 0.251 e. The van der Waals surface area contributed by atoms with Crippen LogP contribution in [0.3, 0.4) is 0 Å². The largest absolute Gasteiger partial charge is 0.350 e. The van der Waals surface area contributed by atoms with E-state index in [2.05, 4.69) is 59.2 Å². The maximum absolute atomic E-state index is 13.9. The molecule has 4 aromatic rings. The second-order valence-electron chi connectivity index (χ2n) is 10.9. The highest BCUT2D eigenvalue weighted by molar-refractivity contribution is 5.98. The molecule has 4 N–H and O–H groups in total. The molecule has 2 atom stereocenters. The fourth-order valence-corrected chi connectivity index (χ4v) is 5.77. The molecule has 0 aromatic heterocycles. The Bertz CT molecular complexity index is 1390. The van der Waals surface area contributed by atoms with E-state index in [4.69, 9.17) is 5.73 Å². The van der Waals surface area contributed by atoms with E-state index in [0.717, 1.165) is 36.5 Å². The lowest BCUT2D eigenvalue weighted by atomic mass is 9.90. The third-order valence-electron chi connectivity index (χ3n) is 8.07. The predicted octanol–water partition coefficient (Wildman–Crippen LogP) is 5.09. The number of unbranched alkanes of at least 4 members (excludes halogenated alkanes) is 1. The van der Waals surface area contributed by atoms with Crippen molar-refractivity contribution >= 4 is 22.6 Å². The van der Waals surface area contributed by atoms with E-state index in [1.807, 2.05) is 59.5 Å². The molecule has 0 saturated carbocycles. The van der Waals surface area contributed by atoms with E-state index in [-0.39, 0.29) is 29.8 Å². The van der Waals surface area contributed by atoms with Crippen molar-refractivity contribution in [3.8, 4) is 0 Å². The summed E-state index contributed by atoms with van der Waals surface area (Å²) in [5, 5.41) is 8.87. The molecule has 1 saturated heterocycles.